The van der Waals surface area contributed by atoms with Crippen LogP contribution in [0.1, 0.15) is 10.5 Å². The van der Waals surface area contributed by atoms with Gasteiger partial charge in [0.15, 0.2) is 11.3 Å². The van der Waals surface area contributed by atoms with Crippen molar-refractivity contribution in [1.82, 2.24) is 14.5 Å². The average Bonchev–Trinajstić information content (AvgIpc) is 2.84. The summed E-state index contributed by atoms with van der Waals surface area (Å²) < 4.78 is 19.5. The number of carbonyl (C=O) groups excluding carboxylic acids is 1. The van der Waals surface area contributed by atoms with Crippen LogP contribution < -0.4 is 0 Å². The summed E-state index contributed by atoms with van der Waals surface area (Å²) in [7, 11) is 3.11. The van der Waals surface area contributed by atoms with E-state index in [9.17, 15) is 9.18 Å². The summed E-state index contributed by atoms with van der Waals surface area (Å²) >= 11 is 0. The Morgan fingerprint density at radius 1 is 1.29 bits per heavy atom. The van der Waals surface area contributed by atoms with Crippen molar-refractivity contribution < 1.29 is 13.9 Å². The molecule has 0 aliphatic heterocycles. The van der Waals surface area contributed by atoms with Gasteiger partial charge >= 0.3 is 5.97 Å². The van der Waals surface area contributed by atoms with Gasteiger partial charge < -0.3 is 9.30 Å². The summed E-state index contributed by atoms with van der Waals surface area (Å²) in [4.78, 5) is 20.0. The van der Waals surface area contributed by atoms with Gasteiger partial charge in [-0.1, -0.05) is 0 Å². The second-order valence-corrected chi connectivity index (χ2v) is 4.55. The monoisotopic (exact) mass is 285 g/mol. The molecule has 3 rings (SSSR count). The summed E-state index contributed by atoms with van der Waals surface area (Å²) in [5, 5.41) is 0. The Hall–Kier alpha value is -2.76. The van der Waals surface area contributed by atoms with Gasteiger partial charge in [0.25, 0.3) is 0 Å². The number of halogens is 1. The zero-order valence-electron chi connectivity index (χ0n) is 11.5. The quantitative estimate of drug-likeness (QED) is 0.679. The molecule has 0 saturated carbocycles. The number of carbonyl (C=O) groups is 1. The van der Waals surface area contributed by atoms with E-state index < -0.39 is 5.97 Å². The molecule has 2 aromatic heterocycles. The molecule has 0 N–H and O–H groups in total. The number of aryl methyl sites for hydroxylation is 1. The SMILES string of the molecule is COC(=O)c1cnc2cc(-c3ccc(F)cc3)n(C)c2n1. The number of hydrogen-bond donors (Lipinski definition) is 0. The summed E-state index contributed by atoms with van der Waals surface area (Å²) in [6, 6.07) is 8.01. The van der Waals surface area contributed by atoms with Gasteiger partial charge in [-0.3, -0.25) is 4.98 Å². The number of methoxy groups -OCH3 is 1. The minimum absolute atomic E-state index is 0.150. The van der Waals surface area contributed by atoms with Gasteiger partial charge in [-0.05, 0) is 35.9 Å². The van der Waals surface area contributed by atoms with Crippen LogP contribution in [0.5, 0.6) is 0 Å². The first kappa shape index (κ1) is 13.2. The van der Waals surface area contributed by atoms with Crippen LogP contribution in [0.2, 0.25) is 0 Å². The Balaban J connectivity index is 2.15. The van der Waals surface area contributed by atoms with Crippen molar-refractivity contribution in [2.24, 2.45) is 7.05 Å². The first-order valence-electron chi connectivity index (χ1n) is 6.27. The van der Waals surface area contributed by atoms with Crippen molar-refractivity contribution in [1.29, 1.82) is 0 Å². The number of rotatable bonds is 2. The van der Waals surface area contributed by atoms with E-state index in [1.807, 2.05) is 17.7 Å². The maximum atomic E-state index is 13.0. The van der Waals surface area contributed by atoms with Crippen molar-refractivity contribution >= 4 is 17.1 Å². The van der Waals surface area contributed by atoms with Crippen molar-refractivity contribution in [3.05, 3.63) is 48.0 Å². The molecule has 21 heavy (non-hydrogen) atoms. The summed E-state index contributed by atoms with van der Waals surface area (Å²) in [5.74, 6) is -0.823. The van der Waals surface area contributed by atoms with Crippen LogP contribution in [0.4, 0.5) is 4.39 Å². The zero-order valence-corrected chi connectivity index (χ0v) is 11.5. The second kappa shape index (κ2) is 4.97. The van der Waals surface area contributed by atoms with E-state index in [4.69, 9.17) is 0 Å². The number of esters is 1. The van der Waals surface area contributed by atoms with E-state index in [0.29, 0.717) is 11.2 Å². The highest BCUT2D eigenvalue weighted by Gasteiger charge is 2.14. The smallest absolute Gasteiger partial charge is 0.358 e. The first-order valence-corrected chi connectivity index (χ1v) is 6.27. The Bertz CT molecular complexity index is 825. The highest BCUT2D eigenvalue weighted by molar-refractivity contribution is 5.90. The minimum atomic E-state index is -0.533. The van der Waals surface area contributed by atoms with Crippen molar-refractivity contribution in [2.75, 3.05) is 7.11 Å². The van der Waals surface area contributed by atoms with Crippen LogP contribution >= 0.6 is 0 Å². The molecule has 0 saturated heterocycles. The maximum absolute atomic E-state index is 13.0. The number of ether oxygens (including phenoxy) is 1. The van der Waals surface area contributed by atoms with Crippen LogP contribution in [-0.4, -0.2) is 27.6 Å². The summed E-state index contributed by atoms with van der Waals surface area (Å²) in [6.07, 6.45) is 1.38. The van der Waals surface area contributed by atoms with E-state index in [1.54, 1.807) is 12.1 Å². The van der Waals surface area contributed by atoms with Crippen molar-refractivity contribution in [2.45, 2.75) is 0 Å². The topological polar surface area (TPSA) is 57.0 Å². The summed E-state index contributed by atoms with van der Waals surface area (Å²) in [6.45, 7) is 0. The largest absolute Gasteiger partial charge is 0.464 e. The van der Waals surface area contributed by atoms with Gasteiger partial charge in [-0.25, -0.2) is 14.2 Å². The standard InChI is InChI=1S/C15H12FN3O2/c1-19-13(9-3-5-10(16)6-4-9)7-11-14(19)18-12(8-17-11)15(20)21-2/h3-8H,1-2H3. The molecule has 0 bridgehead atoms. The predicted octanol–water partition coefficient (Wildman–Crippen LogP) is 2.56. The third-order valence-electron chi connectivity index (χ3n) is 3.27. The molecule has 6 heteroatoms. The lowest BCUT2D eigenvalue weighted by atomic mass is 10.1. The average molecular weight is 285 g/mol. The Kier molecular flexibility index (Phi) is 3.13. The third kappa shape index (κ3) is 2.24. The van der Waals surface area contributed by atoms with Gasteiger partial charge in [0.1, 0.15) is 11.3 Å². The fourth-order valence-corrected chi connectivity index (χ4v) is 2.18. The molecule has 0 aliphatic carbocycles. The third-order valence-corrected chi connectivity index (χ3v) is 3.27. The molecular weight excluding hydrogens is 273 g/mol. The van der Waals surface area contributed by atoms with Crippen LogP contribution in [0, 0.1) is 5.82 Å². The molecule has 1 aromatic carbocycles. The molecule has 0 radical (unpaired) electrons. The van der Waals surface area contributed by atoms with Gasteiger partial charge in [0.05, 0.1) is 19.0 Å². The van der Waals surface area contributed by atoms with E-state index >= 15 is 0 Å². The number of hydrogen-bond acceptors (Lipinski definition) is 4. The second-order valence-electron chi connectivity index (χ2n) is 4.55. The minimum Gasteiger partial charge on any atom is -0.464 e. The molecule has 0 spiro atoms. The van der Waals surface area contributed by atoms with Crippen LogP contribution in [0.25, 0.3) is 22.4 Å². The molecule has 2 heterocycles. The molecule has 0 amide bonds. The molecular formula is C15H12FN3O2. The lowest BCUT2D eigenvalue weighted by molar-refractivity contribution is 0.0594. The number of fused-ring (bicyclic) bond motifs is 1. The number of nitrogens with zero attached hydrogens (tertiary/aromatic N) is 3. The first-order chi connectivity index (χ1) is 10.1. The van der Waals surface area contributed by atoms with E-state index in [0.717, 1.165) is 11.3 Å². The number of benzene rings is 1. The fraction of sp³-hybridized carbons (Fsp3) is 0.133. The van der Waals surface area contributed by atoms with E-state index in [2.05, 4.69) is 14.7 Å². The van der Waals surface area contributed by atoms with Crippen LogP contribution in [-0.2, 0) is 11.8 Å². The number of aromatic nitrogens is 3. The maximum Gasteiger partial charge on any atom is 0.358 e. The highest BCUT2D eigenvalue weighted by Crippen LogP contribution is 2.25. The lowest BCUT2D eigenvalue weighted by Crippen LogP contribution is -2.06. The zero-order chi connectivity index (χ0) is 15.0. The summed E-state index contributed by atoms with van der Waals surface area (Å²) in [5.41, 5.74) is 3.06. The Morgan fingerprint density at radius 3 is 2.67 bits per heavy atom. The van der Waals surface area contributed by atoms with Crippen molar-refractivity contribution in [3.63, 3.8) is 0 Å². The molecule has 5 nitrogen and oxygen atoms in total. The van der Waals surface area contributed by atoms with Crippen LogP contribution in [0.3, 0.4) is 0 Å². The van der Waals surface area contributed by atoms with Gasteiger partial charge in [-0.2, -0.15) is 0 Å². The van der Waals surface area contributed by atoms with E-state index in [1.165, 1.54) is 25.4 Å². The van der Waals surface area contributed by atoms with Gasteiger partial charge in [0, 0.05) is 7.05 Å². The van der Waals surface area contributed by atoms with Crippen molar-refractivity contribution in [3.8, 4) is 11.3 Å². The predicted molar refractivity (Wildman–Crippen MR) is 75.2 cm³/mol. The molecule has 0 unspecified atom stereocenters. The molecule has 3 aromatic rings. The van der Waals surface area contributed by atoms with E-state index in [-0.39, 0.29) is 11.5 Å². The molecule has 0 atom stereocenters. The lowest BCUT2D eigenvalue weighted by Gasteiger charge is -2.04. The normalized spacial score (nSPS) is 10.8. The van der Waals surface area contributed by atoms with Gasteiger partial charge in [-0.15, -0.1) is 0 Å². The molecule has 0 fully saturated rings. The fourth-order valence-electron chi connectivity index (χ4n) is 2.18. The Labute approximate surface area is 120 Å². The van der Waals surface area contributed by atoms with Crippen LogP contribution in [0.15, 0.2) is 36.5 Å². The Morgan fingerprint density at radius 2 is 2.00 bits per heavy atom. The highest BCUT2D eigenvalue weighted by atomic mass is 19.1. The van der Waals surface area contributed by atoms with Gasteiger partial charge in [0.2, 0.25) is 0 Å². The molecule has 0 aliphatic rings. The molecule has 106 valence electrons.